The van der Waals surface area contributed by atoms with E-state index >= 15 is 0 Å². The van der Waals surface area contributed by atoms with Crippen molar-refractivity contribution < 1.29 is 27.3 Å². The highest BCUT2D eigenvalue weighted by Gasteiger charge is 2.39. The molecular formula is C13H11F3N4O3S. The molecule has 0 aromatic carbocycles. The first-order valence-electron chi connectivity index (χ1n) is 6.83. The smallest absolute Gasteiger partial charge is 0.351 e. The second kappa shape index (κ2) is 5.89. The Kier molecular flexibility index (Phi) is 4.03. The number of halogens is 3. The van der Waals surface area contributed by atoms with Crippen molar-refractivity contribution >= 4 is 23.2 Å². The average molecular weight is 360 g/mol. The molecule has 0 unspecified atom stereocenters. The number of fused-ring (bicyclic) bond motifs is 1. The van der Waals surface area contributed by atoms with Gasteiger partial charge in [0, 0.05) is 18.5 Å². The largest absolute Gasteiger partial charge is 0.471 e. The molecule has 3 rings (SSSR count). The lowest BCUT2D eigenvalue weighted by Crippen LogP contribution is -2.43. The predicted octanol–water partition coefficient (Wildman–Crippen LogP) is 1.45. The zero-order valence-electron chi connectivity index (χ0n) is 12.3. The van der Waals surface area contributed by atoms with Gasteiger partial charge < -0.3 is 14.7 Å². The van der Waals surface area contributed by atoms with Crippen molar-refractivity contribution in [1.82, 2.24) is 20.4 Å². The van der Waals surface area contributed by atoms with Crippen molar-refractivity contribution in [3.05, 3.63) is 22.4 Å². The van der Waals surface area contributed by atoms with Gasteiger partial charge in [0.25, 0.3) is 0 Å². The molecule has 1 aliphatic heterocycles. The van der Waals surface area contributed by atoms with Gasteiger partial charge in [0.05, 0.1) is 11.4 Å². The molecule has 0 saturated heterocycles. The topological polar surface area (TPSA) is 88.3 Å². The van der Waals surface area contributed by atoms with E-state index in [0.717, 1.165) is 10.4 Å². The molecule has 24 heavy (non-hydrogen) atoms. The van der Waals surface area contributed by atoms with Crippen LogP contribution in [0.1, 0.15) is 16.3 Å². The third-order valence-electron chi connectivity index (χ3n) is 3.48. The Morgan fingerprint density at radius 3 is 2.79 bits per heavy atom. The number of alkyl halides is 3. The normalized spacial score (nSPS) is 14.4. The van der Waals surface area contributed by atoms with Gasteiger partial charge in [-0.15, -0.1) is 11.3 Å². The van der Waals surface area contributed by atoms with Gasteiger partial charge in [-0.2, -0.15) is 18.2 Å². The molecule has 3 heterocycles. The first-order chi connectivity index (χ1) is 11.3. The molecule has 2 aromatic heterocycles. The Morgan fingerprint density at radius 1 is 1.42 bits per heavy atom. The maximum Gasteiger partial charge on any atom is 0.471 e. The number of likely N-dealkylation sites (N-methyl/N-ethyl adjacent to an activating group) is 1. The second-order valence-corrected chi connectivity index (χ2v) is 6.17. The summed E-state index contributed by atoms with van der Waals surface area (Å²) in [6.45, 7) is 0.575. The van der Waals surface area contributed by atoms with Crippen LogP contribution in [0.5, 0.6) is 0 Å². The van der Waals surface area contributed by atoms with Crippen molar-refractivity contribution in [2.75, 3.05) is 13.6 Å². The number of aromatic nitrogens is 2. The summed E-state index contributed by atoms with van der Waals surface area (Å²) in [5.41, 5.74) is 0.898. The molecule has 0 aliphatic carbocycles. The highest BCUT2D eigenvalue weighted by atomic mass is 32.1. The number of carbonyl (C=O) groups is 2. The van der Waals surface area contributed by atoms with Gasteiger partial charge >= 0.3 is 23.9 Å². The Labute approximate surface area is 137 Å². The van der Waals surface area contributed by atoms with Crippen LogP contribution in [0.15, 0.2) is 10.6 Å². The van der Waals surface area contributed by atoms with Crippen LogP contribution in [0.2, 0.25) is 0 Å². The van der Waals surface area contributed by atoms with Crippen LogP contribution in [0.25, 0.3) is 10.7 Å². The highest BCUT2D eigenvalue weighted by Crippen LogP contribution is 2.35. The lowest BCUT2D eigenvalue weighted by Gasteiger charge is -2.25. The lowest BCUT2D eigenvalue weighted by molar-refractivity contribution is -0.159. The van der Waals surface area contributed by atoms with Crippen LogP contribution in [-0.2, 0) is 28.7 Å². The van der Waals surface area contributed by atoms with Crippen LogP contribution in [0.4, 0.5) is 13.2 Å². The standard InChI is InChI=1S/C13H11F3N4O3S/c1-17-10(21)11(22)20-3-2-6-4-7(24-8(6)5-20)9-18-12(23-19-9)13(14,15)16/h4H,2-3,5H2,1H3,(H,17,21). The Morgan fingerprint density at radius 2 is 2.17 bits per heavy atom. The van der Waals surface area contributed by atoms with E-state index in [-0.39, 0.29) is 12.4 Å². The summed E-state index contributed by atoms with van der Waals surface area (Å²) in [7, 11) is 1.37. The maximum absolute atomic E-state index is 12.5. The summed E-state index contributed by atoms with van der Waals surface area (Å²) in [5, 5.41) is 5.62. The highest BCUT2D eigenvalue weighted by molar-refractivity contribution is 7.15. The van der Waals surface area contributed by atoms with Gasteiger partial charge in [0.15, 0.2) is 0 Å². The molecule has 0 radical (unpaired) electrons. The SMILES string of the molecule is CNC(=O)C(=O)N1CCc2cc(-c3noc(C(F)(F)F)n3)sc2C1. The minimum atomic E-state index is -4.70. The number of hydrogen-bond donors (Lipinski definition) is 1. The molecule has 7 nitrogen and oxygen atoms in total. The fraction of sp³-hybridized carbons (Fsp3) is 0.385. The molecule has 128 valence electrons. The number of rotatable bonds is 1. The molecule has 1 aliphatic rings. The monoisotopic (exact) mass is 360 g/mol. The fourth-order valence-electron chi connectivity index (χ4n) is 2.29. The zero-order chi connectivity index (χ0) is 17.5. The minimum absolute atomic E-state index is 0.147. The summed E-state index contributed by atoms with van der Waals surface area (Å²) in [5.74, 6) is -2.90. The number of amides is 2. The number of nitrogens with zero attached hydrogens (tertiary/aromatic N) is 3. The van der Waals surface area contributed by atoms with Gasteiger partial charge in [-0.1, -0.05) is 5.16 Å². The molecule has 2 aromatic rings. The molecule has 1 N–H and O–H groups in total. The molecule has 0 bridgehead atoms. The van der Waals surface area contributed by atoms with E-state index in [0.29, 0.717) is 17.8 Å². The molecule has 2 amide bonds. The Hall–Kier alpha value is -2.43. The molecule has 11 heteroatoms. The summed E-state index contributed by atoms with van der Waals surface area (Å²) in [4.78, 5) is 29.2. The number of carbonyl (C=O) groups excluding carboxylic acids is 2. The molecule has 0 saturated carbocycles. The van der Waals surface area contributed by atoms with E-state index in [2.05, 4.69) is 20.0 Å². The first-order valence-corrected chi connectivity index (χ1v) is 7.65. The van der Waals surface area contributed by atoms with Gasteiger partial charge in [-0.3, -0.25) is 9.59 Å². The molecule has 0 fully saturated rings. The van der Waals surface area contributed by atoms with Crippen molar-refractivity contribution in [3.8, 4) is 10.7 Å². The predicted molar refractivity (Wildman–Crippen MR) is 75.8 cm³/mol. The summed E-state index contributed by atoms with van der Waals surface area (Å²) in [6.07, 6.45) is -4.20. The van der Waals surface area contributed by atoms with Gasteiger partial charge in [-0.25, -0.2) is 0 Å². The number of nitrogens with one attached hydrogen (secondary N) is 1. The number of thiophene rings is 1. The van der Waals surface area contributed by atoms with E-state index in [1.54, 1.807) is 6.07 Å². The Bertz CT molecular complexity index is 799. The van der Waals surface area contributed by atoms with Gasteiger partial charge in [0.1, 0.15) is 0 Å². The first kappa shape index (κ1) is 16.4. The molecular weight excluding hydrogens is 349 g/mol. The molecule has 0 atom stereocenters. The van der Waals surface area contributed by atoms with E-state index in [1.165, 1.54) is 23.3 Å². The Balaban J connectivity index is 1.82. The fourth-order valence-corrected chi connectivity index (χ4v) is 3.45. The van der Waals surface area contributed by atoms with Crippen LogP contribution in [-0.4, -0.2) is 40.4 Å². The van der Waals surface area contributed by atoms with E-state index in [1.807, 2.05) is 0 Å². The van der Waals surface area contributed by atoms with Crippen LogP contribution < -0.4 is 5.32 Å². The van der Waals surface area contributed by atoms with Crippen LogP contribution in [0.3, 0.4) is 0 Å². The minimum Gasteiger partial charge on any atom is -0.351 e. The summed E-state index contributed by atoms with van der Waals surface area (Å²) in [6, 6.07) is 1.69. The van der Waals surface area contributed by atoms with Crippen molar-refractivity contribution in [2.24, 2.45) is 0 Å². The quantitative estimate of drug-likeness (QED) is 0.778. The zero-order valence-corrected chi connectivity index (χ0v) is 13.1. The lowest BCUT2D eigenvalue weighted by atomic mass is 10.1. The second-order valence-electron chi connectivity index (χ2n) is 5.04. The summed E-state index contributed by atoms with van der Waals surface area (Å²) >= 11 is 1.17. The maximum atomic E-state index is 12.5. The van der Waals surface area contributed by atoms with Gasteiger partial charge in [0.2, 0.25) is 5.82 Å². The van der Waals surface area contributed by atoms with Crippen LogP contribution >= 0.6 is 11.3 Å². The van der Waals surface area contributed by atoms with E-state index in [4.69, 9.17) is 0 Å². The van der Waals surface area contributed by atoms with Crippen molar-refractivity contribution in [2.45, 2.75) is 19.1 Å². The van der Waals surface area contributed by atoms with E-state index in [9.17, 15) is 22.8 Å². The summed E-state index contributed by atoms with van der Waals surface area (Å²) < 4.78 is 41.8. The third-order valence-corrected chi connectivity index (χ3v) is 4.64. The third kappa shape index (κ3) is 2.98. The van der Waals surface area contributed by atoms with Gasteiger partial charge in [-0.05, 0) is 18.1 Å². The van der Waals surface area contributed by atoms with Crippen LogP contribution in [0, 0.1) is 0 Å². The van der Waals surface area contributed by atoms with Crippen molar-refractivity contribution in [3.63, 3.8) is 0 Å². The number of hydrogen-bond acceptors (Lipinski definition) is 6. The molecule has 0 spiro atoms. The van der Waals surface area contributed by atoms with Crippen molar-refractivity contribution in [1.29, 1.82) is 0 Å². The average Bonchev–Trinajstić information content (AvgIpc) is 3.18. The van der Waals surface area contributed by atoms with E-state index < -0.39 is 23.9 Å².